The lowest BCUT2D eigenvalue weighted by Gasteiger charge is -2.04. The number of pyridine rings is 1. The van der Waals surface area contributed by atoms with E-state index in [-0.39, 0.29) is 5.56 Å². The number of rotatable bonds is 1. The summed E-state index contributed by atoms with van der Waals surface area (Å²) in [7, 11) is 0. The van der Waals surface area contributed by atoms with Gasteiger partial charge in [-0.05, 0) is 6.07 Å². The summed E-state index contributed by atoms with van der Waals surface area (Å²) in [5, 5.41) is 10.1. The van der Waals surface area contributed by atoms with E-state index in [1.807, 2.05) is 0 Å². The fourth-order valence-electron chi connectivity index (χ4n) is 1.51. The summed E-state index contributed by atoms with van der Waals surface area (Å²) >= 11 is 0. The average molecular weight is 204 g/mol. The quantitative estimate of drug-likeness (QED) is 0.624. The van der Waals surface area contributed by atoms with Gasteiger partial charge in [0.25, 0.3) is 11.5 Å². The smallest absolute Gasteiger partial charge is 0.258 e. The normalized spacial score (nSPS) is 10.4. The molecule has 0 spiro atoms. The van der Waals surface area contributed by atoms with Gasteiger partial charge < -0.3 is 10.8 Å². The number of nitrogens with two attached hydrogens (primary N) is 1. The number of carbonyl (C=O) groups excluding carboxylic acids is 1. The minimum absolute atomic E-state index is 0.0646. The number of carbonyl (C=O) groups is 1. The number of hydrogen-bond donors (Lipinski definition) is 3. The Morgan fingerprint density at radius 3 is 2.47 bits per heavy atom. The second kappa shape index (κ2) is 3.13. The number of benzene rings is 1. The van der Waals surface area contributed by atoms with Crippen molar-refractivity contribution >= 4 is 16.7 Å². The molecule has 2 aromatic rings. The average Bonchev–Trinajstić information content (AvgIpc) is 2.17. The van der Waals surface area contributed by atoms with Gasteiger partial charge in [0.2, 0.25) is 5.88 Å². The highest BCUT2D eigenvalue weighted by Crippen LogP contribution is 2.21. The molecule has 4 N–H and O–H groups in total. The molecule has 0 aliphatic rings. The number of fused-ring (bicyclic) bond motifs is 1. The molecule has 1 heterocycles. The molecule has 0 unspecified atom stereocenters. The Kier molecular flexibility index (Phi) is 1.93. The van der Waals surface area contributed by atoms with Gasteiger partial charge in [-0.3, -0.25) is 14.6 Å². The van der Waals surface area contributed by atoms with Crippen molar-refractivity contribution in [3.05, 3.63) is 40.2 Å². The highest BCUT2D eigenvalue weighted by Gasteiger charge is 2.14. The van der Waals surface area contributed by atoms with Crippen molar-refractivity contribution in [2.45, 2.75) is 0 Å². The third-order valence-corrected chi connectivity index (χ3v) is 2.16. The van der Waals surface area contributed by atoms with Gasteiger partial charge in [-0.15, -0.1) is 0 Å². The zero-order valence-corrected chi connectivity index (χ0v) is 7.65. The van der Waals surface area contributed by atoms with Gasteiger partial charge in [0.1, 0.15) is 5.56 Å². The van der Waals surface area contributed by atoms with Crippen LogP contribution in [0.25, 0.3) is 10.8 Å². The van der Waals surface area contributed by atoms with Crippen LogP contribution in [0.3, 0.4) is 0 Å². The highest BCUT2D eigenvalue weighted by molar-refractivity contribution is 6.07. The number of aromatic hydroxyl groups is 1. The molecule has 1 aromatic heterocycles. The van der Waals surface area contributed by atoms with Crippen LogP contribution in [0.4, 0.5) is 0 Å². The number of amides is 1. The molecule has 2 rings (SSSR count). The number of primary amides is 1. The third kappa shape index (κ3) is 1.34. The van der Waals surface area contributed by atoms with Crippen molar-refractivity contribution in [1.82, 2.24) is 4.98 Å². The molecular formula is C10H8N2O3. The summed E-state index contributed by atoms with van der Waals surface area (Å²) in [6.45, 7) is 0. The van der Waals surface area contributed by atoms with E-state index in [1.165, 1.54) is 0 Å². The van der Waals surface area contributed by atoms with Gasteiger partial charge >= 0.3 is 0 Å². The van der Waals surface area contributed by atoms with Crippen molar-refractivity contribution in [2.24, 2.45) is 5.73 Å². The zero-order chi connectivity index (χ0) is 11.0. The van der Waals surface area contributed by atoms with Gasteiger partial charge in [-0.1, -0.05) is 18.2 Å². The first kappa shape index (κ1) is 9.26. The first-order chi connectivity index (χ1) is 7.11. The lowest BCUT2D eigenvalue weighted by Crippen LogP contribution is -2.16. The van der Waals surface area contributed by atoms with Crippen molar-refractivity contribution in [1.29, 1.82) is 0 Å². The fraction of sp³-hybridized carbons (Fsp3) is 0. The predicted molar refractivity (Wildman–Crippen MR) is 54.8 cm³/mol. The molecule has 0 saturated heterocycles. The van der Waals surface area contributed by atoms with Crippen molar-refractivity contribution in [2.75, 3.05) is 0 Å². The Morgan fingerprint density at radius 1 is 1.27 bits per heavy atom. The molecule has 1 amide bonds. The fourth-order valence-corrected chi connectivity index (χ4v) is 1.51. The summed E-state index contributed by atoms with van der Waals surface area (Å²) in [6.07, 6.45) is 0. The van der Waals surface area contributed by atoms with Crippen LogP contribution < -0.4 is 11.3 Å². The maximum absolute atomic E-state index is 11.4. The summed E-state index contributed by atoms with van der Waals surface area (Å²) in [5.41, 5.74) is 4.59. The van der Waals surface area contributed by atoms with Crippen LogP contribution in [-0.4, -0.2) is 16.0 Å². The Bertz CT molecular complexity index is 601. The maximum Gasteiger partial charge on any atom is 0.258 e. The van der Waals surface area contributed by atoms with E-state index in [1.54, 1.807) is 24.3 Å². The van der Waals surface area contributed by atoms with Gasteiger partial charge in [0.05, 0.1) is 0 Å². The van der Waals surface area contributed by atoms with Crippen LogP contribution in [0.2, 0.25) is 0 Å². The minimum atomic E-state index is -0.778. The van der Waals surface area contributed by atoms with Crippen LogP contribution in [0.1, 0.15) is 10.4 Å². The monoisotopic (exact) mass is 204 g/mol. The van der Waals surface area contributed by atoms with Gasteiger partial charge in [-0.25, -0.2) is 0 Å². The maximum atomic E-state index is 11.4. The summed E-state index contributed by atoms with van der Waals surface area (Å²) in [6, 6.07) is 6.44. The Hall–Kier alpha value is -2.30. The van der Waals surface area contributed by atoms with Crippen LogP contribution >= 0.6 is 0 Å². The molecule has 76 valence electrons. The molecule has 1 aromatic carbocycles. The Balaban J connectivity index is 3.03. The molecule has 0 aliphatic carbocycles. The van der Waals surface area contributed by atoms with Crippen LogP contribution in [-0.2, 0) is 0 Å². The van der Waals surface area contributed by atoms with Crippen molar-refractivity contribution in [3.63, 3.8) is 0 Å². The first-order valence-electron chi connectivity index (χ1n) is 4.25. The van der Waals surface area contributed by atoms with Crippen LogP contribution in [0.5, 0.6) is 5.88 Å². The summed E-state index contributed by atoms with van der Waals surface area (Å²) in [4.78, 5) is 24.7. The number of aromatic amines is 1. The Morgan fingerprint density at radius 2 is 1.87 bits per heavy atom. The number of aromatic nitrogens is 1. The van der Waals surface area contributed by atoms with E-state index in [0.29, 0.717) is 10.8 Å². The molecule has 15 heavy (non-hydrogen) atoms. The summed E-state index contributed by atoms with van der Waals surface area (Å²) in [5.74, 6) is -1.27. The van der Waals surface area contributed by atoms with Crippen molar-refractivity contribution in [3.8, 4) is 5.88 Å². The van der Waals surface area contributed by atoms with Crippen LogP contribution in [0, 0.1) is 0 Å². The Labute approximate surface area is 84.2 Å². The number of hydrogen-bond acceptors (Lipinski definition) is 3. The molecular weight excluding hydrogens is 196 g/mol. The number of nitrogens with one attached hydrogen (secondary N) is 1. The summed E-state index contributed by atoms with van der Waals surface area (Å²) < 4.78 is 0. The lowest BCUT2D eigenvalue weighted by atomic mass is 10.1. The molecule has 0 aliphatic heterocycles. The second-order valence-corrected chi connectivity index (χ2v) is 3.09. The lowest BCUT2D eigenvalue weighted by molar-refractivity contribution is 0.0999. The third-order valence-electron chi connectivity index (χ3n) is 2.16. The molecule has 0 fully saturated rings. The standard InChI is InChI=1S/C10H8N2O3/c11-8(13)7-5-3-1-2-4-6(5)9(14)12-10(7)15/h1-4H,(H2,11,13)(H2,12,14,15). The van der Waals surface area contributed by atoms with E-state index in [4.69, 9.17) is 5.73 Å². The molecule has 0 bridgehead atoms. The van der Waals surface area contributed by atoms with E-state index >= 15 is 0 Å². The minimum Gasteiger partial charge on any atom is -0.494 e. The van der Waals surface area contributed by atoms with Crippen LogP contribution in [0.15, 0.2) is 29.1 Å². The number of H-pyrrole nitrogens is 1. The first-order valence-corrected chi connectivity index (χ1v) is 4.25. The van der Waals surface area contributed by atoms with E-state index < -0.39 is 17.3 Å². The van der Waals surface area contributed by atoms with E-state index in [9.17, 15) is 14.7 Å². The van der Waals surface area contributed by atoms with Gasteiger partial charge in [-0.2, -0.15) is 0 Å². The SMILES string of the molecule is NC(=O)c1c(O)[nH]c(=O)c2ccccc12. The predicted octanol–water partition coefficient (Wildman–Crippen LogP) is 0.333. The molecule has 0 saturated carbocycles. The van der Waals surface area contributed by atoms with E-state index in [0.717, 1.165) is 0 Å². The second-order valence-electron chi connectivity index (χ2n) is 3.09. The molecule has 5 nitrogen and oxygen atoms in total. The largest absolute Gasteiger partial charge is 0.494 e. The van der Waals surface area contributed by atoms with E-state index in [2.05, 4.69) is 4.98 Å². The van der Waals surface area contributed by atoms with Gasteiger partial charge in [0, 0.05) is 10.8 Å². The molecule has 0 atom stereocenters. The topological polar surface area (TPSA) is 96.2 Å². The van der Waals surface area contributed by atoms with Crippen molar-refractivity contribution < 1.29 is 9.90 Å². The molecule has 5 heteroatoms. The zero-order valence-electron chi connectivity index (χ0n) is 7.65. The highest BCUT2D eigenvalue weighted by atomic mass is 16.3. The van der Waals surface area contributed by atoms with Gasteiger partial charge in [0.15, 0.2) is 0 Å². The molecule has 0 radical (unpaired) electrons.